The Kier molecular flexibility index (Phi) is 5.80. The van der Waals surface area contributed by atoms with E-state index in [2.05, 4.69) is 35.1 Å². The Labute approximate surface area is 138 Å². The molecule has 2 rings (SSSR count). The van der Waals surface area contributed by atoms with E-state index in [0.29, 0.717) is 10.0 Å². The van der Waals surface area contributed by atoms with Gasteiger partial charge < -0.3 is 5.32 Å². The maximum atomic E-state index is 14.6. The van der Waals surface area contributed by atoms with Crippen LogP contribution in [0.3, 0.4) is 0 Å². The van der Waals surface area contributed by atoms with Crippen molar-refractivity contribution in [3.05, 3.63) is 33.0 Å². The molecule has 1 aromatic rings. The molecule has 1 aliphatic rings. The van der Waals surface area contributed by atoms with Crippen molar-refractivity contribution in [3.8, 4) is 0 Å². The first-order valence-corrected chi connectivity index (χ1v) is 9.16. The molecule has 1 N–H and O–H groups in total. The predicted molar refractivity (Wildman–Crippen MR) is 90.2 cm³/mol. The number of rotatable bonds is 5. The SMILES string of the molecule is CCCNC(c1ccc(Br)c(Cl)c1F)C1(C)CCCS1. The summed E-state index contributed by atoms with van der Waals surface area (Å²) in [4.78, 5) is 0. The molecule has 1 saturated heterocycles. The molecule has 1 aromatic carbocycles. The summed E-state index contributed by atoms with van der Waals surface area (Å²) in [5.74, 6) is 0.843. The van der Waals surface area contributed by atoms with Gasteiger partial charge in [-0.05, 0) is 60.5 Å². The lowest BCUT2D eigenvalue weighted by Crippen LogP contribution is -2.38. The maximum Gasteiger partial charge on any atom is 0.147 e. The molecule has 0 radical (unpaired) electrons. The first-order chi connectivity index (χ1) is 9.49. The second-order valence-electron chi connectivity index (χ2n) is 5.42. The van der Waals surface area contributed by atoms with Gasteiger partial charge in [-0.25, -0.2) is 4.39 Å². The number of hydrogen-bond acceptors (Lipinski definition) is 2. The summed E-state index contributed by atoms with van der Waals surface area (Å²) in [6.45, 7) is 5.24. The molecule has 5 heteroatoms. The van der Waals surface area contributed by atoms with Crippen LogP contribution in [0.1, 0.15) is 44.7 Å². The van der Waals surface area contributed by atoms with Crippen molar-refractivity contribution >= 4 is 39.3 Å². The lowest BCUT2D eigenvalue weighted by molar-refractivity contribution is 0.399. The molecule has 0 amide bonds. The van der Waals surface area contributed by atoms with Crippen LogP contribution in [-0.4, -0.2) is 17.0 Å². The van der Waals surface area contributed by atoms with Crippen LogP contribution in [-0.2, 0) is 0 Å². The molecule has 0 aromatic heterocycles. The second kappa shape index (κ2) is 6.99. The van der Waals surface area contributed by atoms with Gasteiger partial charge in [0.1, 0.15) is 5.82 Å². The average Bonchev–Trinajstić information content (AvgIpc) is 2.86. The normalized spacial score (nSPS) is 24.1. The quantitative estimate of drug-likeness (QED) is 0.670. The van der Waals surface area contributed by atoms with E-state index in [1.54, 1.807) is 0 Å². The monoisotopic (exact) mass is 379 g/mol. The number of nitrogens with one attached hydrogen (secondary N) is 1. The van der Waals surface area contributed by atoms with E-state index in [1.165, 1.54) is 6.42 Å². The first kappa shape index (κ1) is 16.6. The van der Waals surface area contributed by atoms with Crippen LogP contribution >= 0.6 is 39.3 Å². The summed E-state index contributed by atoms with van der Waals surface area (Å²) in [5, 5.41) is 3.70. The van der Waals surface area contributed by atoms with Crippen LogP contribution in [0.2, 0.25) is 5.02 Å². The molecular weight excluding hydrogens is 361 g/mol. The highest BCUT2D eigenvalue weighted by molar-refractivity contribution is 9.10. The first-order valence-electron chi connectivity index (χ1n) is 7.00. The lowest BCUT2D eigenvalue weighted by atomic mass is 9.89. The summed E-state index contributed by atoms with van der Waals surface area (Å²) in [7, 11) is 0. The minimum atomic E-state index is -0.302. The summed E-state index contributed by atoms with van der Waals surface area (Å²) in [5.41, 5.74) is 0.684. The van der Waals surface area contributed by atoms with E-state index in [-0.39, 0.29) is 21.6 Å². The van der Waals surface area contributed by atoms with Gasteiger partial charge >= 0.3 is 0 Å². The highest BCUT2D eigenvalue weighted by Crippen LogP contribution is 2.48. The van der Waals surface area contributed by atoms with Crippen molar-refractivity contribution in [2.75, 3.05) is 12.3 Å². The topological polar surface area (TPSA) is 12.0 Å². The number of benzene rings is 1. The highest BCUT2D eigenvalue weighted by Gasteiger charge is 2.40. The van der Waals surface area contributed by atoms with Crippen molar-refractivity contribution in [1.82, 2.24) is 5.32 Å². The second-order valence-corrected chi connectivity index (χ2v) is 8.28. The molecule has 0 spiro atoms. The Hall–Kier alpha value is 0.230. The minimum Gasteiger partial charge on any atom is -0.309 e. The maximum absolute atomic E-state index is 14.6. The molecular formula is C15H20BrClFNS. The van der Waals surface area contributed by atoms with E-state index < -0.39 is 0 Å². The summed E-state index contributed by atoms with van der Waals surface area (Å²) < 4.78 is 15.2. The van der Waals surface area contributed by atoms with Crippen molar-refractivity contribution in [2.45, 2.75) is 43.9 Å². The molecule has 1 heterocycles. The average molecular weight is 381 g/mol. The minimum absolute atomic E-state index is 0.000509. The Bertz CT molecular complexity index is 477. The van der Waals surface area contributed by atoms with Crippen LogP contribution in [0.5, 0.6) is 0 Å². The highest BCUT2D eigenvalue weighted by atomic mass is 79.9. The molecule has 1 fully saturated rings. The van der Waals surface area contributed by atoms with Crippen LogP contribution in [0.4, 0.5) is 4.39 Å². The molecule has 2 atom stereocenters. The van der Waals surface area contributed by atoms with Crippen LogP contribution in [0.15, 0.2) is 16.6 Å². The van der Waals surface area contributed by atoms with Gasteiger partial charge in [0.25, 0.3) is 0 Å². The van der Waals surface area contributed by atoms with Gasteiger partial charge in [-0.1, -0.05) is 24.6 Å². The van der Waals surface area contributed by atoms with Gasteiger partial charge in [0, 0.05) is 20.8 Å². The van der Waals surface area contributed by atoms with Gasteiger partial charge in [-0.15, -0.1) is 0 Å². The fourth-order valence-electron chi connectivity index (χ4n) is 2.74. The molecule has 0 saturated carbocycles. The number of thioether (sulfide) groups is 1. The molecule has 1 aliphatic heterocycles. The Morgan fingerprint density at radius 3 is 2.90 bits per heavy atom. The van der Waals surface area contributed by atoms with Gasteiger partial charge in [0.15, 0.2) is 0 Å². The van der Waals surface area contributed by atoms with Crippen molar-refractivity contribution in [2.24, 2.45) is 0 Å². The Morgan fingerprint density at radius 1 is 1.55 bits per heavy atom. The van der Waals surface area contributed by atoms with Crippen LogP contribution in [0, 0.1) is 5.82 Å². The van der Waals surface area contributed by atoms with Gasteiger partial charge in [-0.2, -0.15) is 11.8 Å². The largest absolute Gasteiger partial charge is 0.309 e. The Morgan fingerprint density at radius 2 is 2.30 bits per heavy atom. The van der Waals surface area contributed by atoms with Gasteiger partial charge in [0.05, 0.1) is 5.02 Å². The van der Waals surface area contributed by atoms with Gasteiger partial charge in [-0.3, -0.25) is 0 Å². The smallest absolute Gasteiger partial charge is 0.147 e. The molecule has 112 valence electrons. The summed E-state index contributed by atoms with van der Waals surface area (Å²) in [6, 6.07) is 3.69. The summed E-state index contributed by atoms with van der Waals surface area (Å²) in [6.07, 6.45) is 3.33. The van der Waals surface area contributed by atoms with E-state index >= 15 is 0 Å². The molecule has 20 heavy (non-hydrogen) atoms. The standard InChI is InChI=1S/C15H20BrClFNS/c1-3-8-19-14(15(2)7-4-9-20-15)10-5-6-11(16)12(17)13(10)18/h5-6,14,19H,3-4,7-9H2,1-2H3. The van der Waals surface area contributed by atoms with E-state index in [4.69, 9.17) is 11.6 Å². The molecule has 0 aliphatic carbocycles. The number of halogens is 3. The van der Waals surface area contributed by atoms with Crippen molar-refractivity contribution < 1.29 is 4.39 Å². The predicted octanol–water partition coefficient (Wildman–Crippen LogP) is 5.57. The fraction of sp³-hybridized carbons (Fsp3) is 0.600. The van der Waals surface area contributed by atoms with Crippen molar-refractivity contribution in [1.29, 1.82) is 0 Å². The van der Waals surface area contributed by atoms with Gasteiger partial charge in [0.2, 0.25) is 0 Å². The Balaban J connectivity index is 2.38. The third-order valence-corrected chi connectivity index (χ3v) is 6.69. The zero-order valence-corrected chi connectivity index (χ0v) is 15.0. The number of hydrogen-bond donors (Lipinski definition) is 1. The zero-order chi connectivity index (χ0) is 14.8. The van der Waals surface area contributed by atoms with E-state index in [1.807, 2.05) is 23.9 Å². The zero-order valence-electron chi connectivity index (χ0n) is 11.8. The third-order valence-electron chi connectivity index (χ3n) is 3.83. The lowest BCUT2D eigenvalue weighted by Gasteiger charge is -2.35. The molecule has 0 bridgehead atoms. The van der Waals surface area contributed by atoms with Crippen LogP contribution in [0.25, 0.3) is 0 Å². The fourth-order valence-corrected chi connectivity index (χ4v) is 4.63. The third kappa shape index (κ3) is 3.34. The van der Waals surface area contributed by atoms with Crippen LogP contribution < -0.4 is 5.32 Å². The summed E-state index contributed by atoms with van der Waals surface area (Å²) >= 11 is 11.3. The molecule has 2 unspecified atom stereocenters. The van der Waals surface area contributed by atoms with E-state index in [0.717, 1.165) is 25.1 Å². The molecule has 1 nitrogen and oxygen atoms in total. The van der Waals surface area contributed by atoms with Crippen molar-refractivity contribution in [3.63, 3.8) is 0 Å². The van der Waals surface area contributed by atoms with E-state index in [9.17, 15) is 4.39 Å².